The van der Waals surface area contributed by atoms with Crippen LogP contribution in [0.15, 0.2) is 48.5 Å². The zero-order chi connectivity index (χ0) is 27.2. The van der Waals surface area contributed by atoms with E-state index in [-0.39, 0.29) is 16.7 Å². The molecule has 1 heterocycles. The molecular formula is C24H12F8N2O3. The zero-order valence-electron chi connectivity index (χ0n) is 18.1. The Balaban J connectivity index is 1.77. The van der Waals surface area contributed by atoms with Gasteiger partial charge < -0.3 is 5.32 Å². The molecule has 1 N–H and O–H groups in total. The second kappa shape index (κ2) is 9.30. The molecule has 4 rings (SSSR count). The van der Waals surface area contributed by atoms with E-state index in [1.165, 1.54) is 41.7 Å². The number of nitrogens with zero attached hydrogens (tertiary/aromatic N) is 1. The molecule has 0 bridgehead atoms. The van der Waals surface area contributed by atoms with Crippen molar-refractivity contribution < 1.29 is 49.5 Å². The van der Waals surface area contributed by atoms with E-state index in [2.05, 4.69) is 0 Å². The molecule has 1 aliphatic heterocycles. The maximum absolute atomic E-state index is 14.4. The molecule has 0 aromatic heterocycles. The Kier molecular flexibility index (Phi) is 6.48. The fourth-order valence-corrected chi connectivity index (χ4v) is 3.88. The van der Waals surface area contributed by atoms with Gasteiger partial charge in [-0.05, 0) is 29.8 Å². The van der Waals surface area contributed by atoms with Crippen LogP contribution in [0.3, 0.4) is 0 Å². The summed E-state index contributed by atoms with van der Waals surface area (Å²) < 4.78 is 109. The molecule has 0 aliphatic carbocycles. The Labute approximate surface area is 202 Å². The van der Waals surface area contributed by atoms with Crippen LogP contribution in [0.1, 0.15) is 31.8 Å². The molecule has 5 nitrogen and oxygen atoms in total. The van der Waals surface area contributed by atoms with Gasteiger partial charge in [0.15, 0.2) is 23.3 Å². The van der Waals surface area contributed by atoms with E-state index in [9.17, 15) is 49.5 Å². The van der Waals surface area contributed by atoms with E-state index in [1.54, 1.807) is 0 Å². The summed E-state index contributed by atoms with van der Waals surface area (Å²) in [6.45, 7) is 0. The number of fused-ring (bicyclic) bond motifs is 1. The average molecular weight is 528 g/mol. The van der Waals surface area contributed by atoms with Gasteiger partial charge in [0, 0.05) is 6.42 Å². The number of carbonyl (C=O) groups excluding carboxylic acids is 3. The van der Waals surface area contributed by atoms with E-state index >= 15 is 0 Å². The third kappa shape index (κ3) is 4.52. The summed E-state index contributed by atoms with van der Waals surface area (Å²) in [5, 5.41) is 1.44. The van der Waals surface area contributed by atoms with Crippen LogP contribution in [0.25, 0.3) is 0 Å². The van der Waals surface area contributed by atoms with Gasteiger partial charge in [-0.2, -0.15) is 13.2 Å². The second-order valence-electron chi connectivity index (χ2n) is 7.87. The molecule has 0 unspecified atom stereocenters. The number of benzene rings is 3. The Morgan fingerprint density at radius 1 is 0.811 bits per heavy atom. The normalized spacial score (nSPS) is 14.1. The summed E-state index contributed by atoms with van der Waals surface area (Å²) in [5.41, 5.74) is -4.99. The molecule has 192 valence electrons. The van der Waals surface area contributed by atoms with Gasteiger partial charge in [-0.25, -0.2) is 22.0 Å². The van der Waals surface area contributed by atoms with Gasteiger partial charge in [0.1, 0.15) is 23.1 Å². The highest BCUT2D eigenvalue weighted by Crippen LogP contribution is 2.38. The number of imide groups is 1. The molecule has 3 aromatic carbocycles. The lowest BCUT2D eigenvalue weighted by Crippen LogP contribution is -2.48. The molecule has 0 fully saturated rings. The summed E-state index contributed by atoms with van der Waals surface area (Å²) >= 11 is 0. The molecule has 1 aliphatic rings. The monoisotopic (exact) mass is 528 g/mol. The number of nitrogens with one attached hydrogen (secondary N) is 1. The fraction of sp³-hybridized carbons (Fsp3) is 0.125. The Morgan fingerprint density at radius 3 is 1.84 bits per heavy atom. The van der Waals surface area contributed by atoms with Crippen molar-refractivity contribution in [2.24, 2.45) is 0 Å². The molecule has 3 aromatic rings. The number of amides is 3. The Hall–Kier alpha value is -4.29. The third-order valence-corrected chi connectivity index (χ3v) is 5.55. The van der Waals surface area contributed by atoms with Crippen LogP contribution in [-0.4, -0.2) is 28.7 Å². The maximum Gasteiger partial charge on any atom is 0.422 e. The van der Waals surface area contributed by atoms with E-state index in [1.807, 2.05) is 0 Å². The van der Waals surface area contributed by atoms with Crippen molar-refractivity contribution in [3.63, 3.8) is 0 Å². The van der Waals surface area contributed by atoms with E-state index in [0.29, 0.717) is 4.90 Å². The highest BCUT2D eigenvalue weighted by Gasteiger charge is 2.45. The minimum atomic E-state index is -5.81. The van der Waals surface area contributed by atoms with Gasteiger partial charge in [-0.1, -0.05) is 24.3 Å². The minimum Gasteiger partial charge on any atom is -0.319 e. The molecule has 0 saturated carbocycles. The summed E-state index contributed by atoms with van der Waals surface area (Å²) in [5.74, 6) is -15.1. The number of alkyl halides is 3. The third-order valence-electron chi connectivity index (χ3n) is 5.55. The van der Waals surface area contributed by atoms with Gasteiger partial charge >= 0.3 is 6.18 Å². The second-order valence-corrected chi connectivity index (χ2v) is 7.87. The van der Waals surface area contributed by atoms with Crippen molar-refractivity contribution in [1.29, 1.82) is 0 Å². The summed E-state index contributed by atoms with van der Waals surface area (Å²) in [4.78, 5) is 39.3. The topological polar surface area (TPSA) is 66.5 Å². The van der Waals surface area contributed by atoms with Crippen LogP contribution < -0.4 is 5.32 Å². The predicted octanol–water partition coefficient (Wildman–Crippen LogP) is 5.25. The lowest BCUT2D eigenvalue weighted by atomic mass is 10.0. The predicted molar refractivity (Wildman–Crippen MR) is 111 cm³/mol. The summed E-state index contributed by atoms with van der Waals surface area (Å²) in [6, 6.07) is 7.86. The first-order chi connectivity index (χ1) is 17.3. The minimum absolute atomic E-state index is 0.0300. The lowest BCUT2D eigenvalue weighted by Gasteiger charge is -2.26. The Morgan fingerprint density at radius 2 is 1.35 bits per heavy atom. The molecule has 3 amide bonds. The molecular weight excluding hydrogens is 516 g/mol. The lowest BCUT2D eigenvalue weighted by molar-refractivity contribution is -0.143. The zero-order valence-corrected chi connectivity index (χ0v) is 18.1. The maximum atomic E-state index is 14.4. The smallest absolute Gasteiger partial charge is 0.319 e. The first kappa shape index (κ1) is 25.8. The van der Waals surface area contributed by atoms with Crippen LogP contribution >= 0.6 is 0 Å². The van der Waals surface area contributed by atoms with Gasteiger partial charge in [0.05, 0.1) is 11.1 Å². The van der Waals surface area contributed by atoms with Crippen molar-refractivity contribution in [1.82, 2.24) is 4.90 Å². The van der Waals surface area contributed by atoms with Crippen molar-refractivity contribution in [3.05, 3.63) is 99.9 Å². The molecule has 0 radical (unpaired) electrons. The molecule has 0 spiro atoms. The highest BCUT2D eigenvalue weighted by atomic mass is 19.4. The van der Waals surface area contributed by atoms with Gasteiger partial charge in [0.25, 0.3) is 11.8 Å². The standard InChI is InChI=1S/C24H12F8N2O3/c25-11-5-3-4-10(8-11)9-14(34-22(36)12-6-1-2-7-13(12)23(34)37)21(35)33-20-18(28)16(26)15(24(30,31)32)17(27)19(20)29/h1-8,14H,9H2,(H,33,35)/t14-/m0/s1. The SMILES string of the molecule is O=C(Nc1c(F)c(F)c(C(F)(F)F)c(F)c1F)[C@H](Cc1cccc(F)c1)N1C(=O)c2ccccc2C1=O. The van der Waals surface area contributed by atoms with Crippen molar-refractivity contribution in [3.8, 4) is 0 Å². The van der Waals surface area contributed by atoms with Gasteiger partial charge in [-0.15, -0.1) is 0 Å². The number of hydrogen-bond donors (Lipinski definition) is 1. The van der Waals surface area contributed by atoms with Crippen molar-refractivity contribution in [2.75, 3.05) is 5.32 Å². The number of anilines is 1. The first-order valence-corrected chi connectivity index (χ1v) is 10.3. The van der Waals surface area contributed by atoms with Crippen LogP contribution in [0, 0.1) is 29.1 Å². The molecule has 13 heteroatoms. The summed E-state index contributed by atoms with van der Waals surface area (Å²) in [6.07, 6.45) is -6.43. The number of hydrogen-bond acceptors (Lipinski definition) is 3. The van der Waals surface area contributed by atoms with Crippen LogP contribution in [0.4, 0.5) is 40.8 Å². The highest BCUT2D eigenvalue weighted by molar-refractivity contribution is 6.23. The molecule has 1 atom stereocenters. The molecule has 37 heavy (non-hydrogen) atoms. The van der Waals surface area contributed by atoms with Crippen LogP contribution in [0.5, 0.6) is 0 Å². The average Bonchev–Trinajstić information content (AvgIpc) is 3.08. The first-order valence-electron chi connectivity index (χ1n) is 10.3. The quantitative estimate of drug-likeness (QED) is 0.280. The number of halogens is 8. The fourth-order valence-electron chi connectivity index (χ4n) is 3.88. The number of carbonyl (C=O) groups is 3. The van der Waals surface area contributed by atoms with E-state index in [4.69, 9.17) is 0 Å². The van der Waals surface area contributed by atoms with E-state index < -0.39 is 76.7 Å². The molecule has 0 saturated heterocycles. The summed E-state index contributed by atoms with van der Waals surface area (Å²) in [7, 11) is 0. The van der Waals surface area contributed by atoms with E-state index in [0.717, 1.165) is 12.1 Å². The van der Waals surface area contributed by atoms with Crippen molar-refractivity contribution in [2.45, 2.75) is 18.6 Å². The van der Waals surface area contributed by atoms with Crippen LogP contribution in [0.2, 0.25) is 0 Å². The Bertz CT molecular complexity index is 1390. The largest absolute Gasteiger partial charge is 0.422 e. The van der Waals surface area contributed by atoms with Gasteiger partial charge in [-0.3, -0.25) is 19.3 Å². The van der Waals surface area contributed by atoms with Gasteiger partial charge in [0.2, 0.25) is 5.91 Å². The van der Waals surface area contributed by atoms with Crippen LogP contribution in [-0.2, 0) is 17.4 Å². The van der Waals surface area contributed by atoms with Crippen molar-refractivity contribution >= 4 is 23.4 Å². The number of rotatable bonds is 5.